The molecule has 0 unspecified atom stereocenters. The summed E-state index contributed by atoms with van der Waals surface area (Å²) in [7, 11) is 0. The number of amides is 1. The number of hydrogen-bond donors (Lipinski definition) is 2. The topological polar surface area (TPSA) is 79.4 Å². The van der Waals surface area contributed by atoms with Gasteiger partial charge < -0.3 is 9.64 Å². The minimum Gasteiger partial charge on any atom is -0.378 e. The molecule has 7 nitrogen and oxygen atoms in total. The van der Waals surface area contributed by atoms with Crippen LogP contribution in [0, 0.1) is 0 Å². The zero-order valence-corrected chi connectivity index (χ0v) is 15.7. The first kappa shape index (κ1) is 18.0. The average molecular weight is 388 g/mol. The van der Waals surface area contributed by atoms with Gasteiger partial charge in [-0.2, -0.15) is 4.98 Å². The van der Waals surface area contributed by atoms with Crippen LogP contribution in [0.5, 0.6) is 0 Å². The van der Waals surface area contributed by atoms with Crippen molar-refractivity contribution < 1.29 is 9.53 Å². The molecule has 2 N–H and O–H groups in total. The number of carbonyl (C=O) groups is 1. The summed E-state index contributed by atoms with van der Waals surface area (Å²) in [5.41, 5.74) is 6.06. The minimum atomic E-state index is -0.542. The first-order chi connectivity index (χ1) is 13.2. The highest BCUT2D eigenvalue weighted by Gasteiger charge is 2.45. The Balaban J connectivity index is 1.44. The number of carbonyl (C=O) groups excluding carboxylic acids is 1. The van der Waals surface area contributed by atoms with E-state index >= 15 is 0 Å². The third kappa shape index (κ3) is 3.70. The van der Waals surface area contributed by atoms with E-state index in [9.17, 15) is 4.79 Å². The highest BCUT2D eigenvalue weighted by Crippen LogP contribution is 2.44. The molecule has 2 heterocycles. The zero-order chi connectivity index (χ0) is 18.7. The number of anilines is 2. The number of aromatic nitrogens is 2. The highest BCUT2D eigenvalue weighted by atomic mass is 35.5. The molecule has 142 valence electrons. The van der Waals surface area contributed by atoms with Crippen LogP contribution >= 0.6 is 11.6 Å². The Morgan fingerprint density at radius 2 is 2.04 bits per heavy atom. The minimum absolute atomic E-state index is 0.0867. The Bertz CT molecular complexity index is 821. The fraction of sp³-hybridized carbons (Fsp3) is 0.421. The van der Waals surface area contributed by atoms with E-state index in [1.54, 1.807) is 6.20 Å². The molecule has 0 bridgehead atoms. The maximum Gasteiger partial charge on any atom is 0.249 e. The highest BCUT2D eigenvalue weighted by molar-refractivity contribution is 6.30. The van der Waals surface area contributed by atoms with E-state index in [-0.39, 0.29) is 5.91 Å². The molecule has 8 heteroatoms. The van der Waals surface area contributed by atoms with Crippen LogP contribution in [0.2, 0.25) is 5.02 Å². The van der Waals surface area contributed by atoms with Gasteiger partial charge in [0.2, 0.25) is 11.9 Å². The summed E-state index contributed by atoms with van der Waals surface area (Å²) in [6.07, 6.45) is 4.30. The Labute approximate surface area is 163 Å². The van der Waals surface area contributed by atoms with Gasteiger partial charge in [0, 0.05) is 24.3 Å². The Hall–Kier alpha value is -2.38. The molecule has 1 aromatic heterocycles. The monoisotopic (exact) mass is 387 g/mol. The van der Waals surface area contributed by atoms with Gasteiger partial charge in [0.15, 0.2) is 0 Å². The molecule has 1 aromatic carbocycles. The standard InChI is InChI=1S/C19H22ClN5O2/c20-15-4-1-3-14(13-15)19(6-2-7-19)17(26)23-24-18-21-8-5-16(22-18)25-9-11-27-12-10-25/h1,3-5,8,13H,2,6-7,9-12H2,(H,23,26)(H,21,22,24). The normalized spacial score (nSPS) is 18.5. The number of rotatable bonds is 5. The number of hydrogen-bond acceptors (Lipinski definition) is 6. The zero-order valence-electron chi connectivity index (χ0n) is 14.9. The number of benzene rings is 1. The van der Waals surface area contributed by atoms with E-state index in [0.717, 1.165) is 43.7 Å². The van der Waals surface area contributed by atoms with Crippen LogP contribution in [0.3, 0.4) is 0 Å². The van der Waals surface area contributed by atoms with Crippen molar-refractivity contribution in [3.63, 3.8) is 0 Å². The van der Waals surface area contributed by atoms with Gasteiger partial charge in [-0.05, 0) is 36.6 Å². The Morgan fingerprint density at radius 1 is 1.22 bits per heavy atom. The van der Waals surface area contributed by atoms with Gasteiger partial charge in [0.25, 0.3) is 0 Å². The first-order valence-electron chi connectivity index (χ1n) is 9.16. The Morgan fingerprint density at radius 3 is 2.74 bits per heavy atom. The molecular formula is C19H22ClN5O2. The van der Waals surface area contributed by atoms with Crippen molar-refractivity contribution in [2.75, 3.05) is 36.6 Å². The van der Waals surface area contributed by atoms with Crippen molar-refractivity contribution in [1.82, 2.24) is 15.4 Å². The molecule has 1 aliphatic heterocycles. The van der Waals surface area contributed by atoms with Crippen LogP contribution < -0.4 is 15.8 Å². The average Bonchev–Trinajstić information content (AvgIpc) is 2.67. The largest absolute Gasteiger partial charge is 0.378 e. The summed E-state index contributed by atoms with van der Waals surface area (Å²) in [5.74, 6) is 1.10. The first-order valence-corrected chi connectivity index (χ1v) is 9.53. The molecule has 1 aliphatic carbocycles. The predicted octanol–water partition coefficient (Wildman–Crippen LogP) is 2.53. The van der Waals surface area contributed by atoms with E-state index in [2.05, 4.69) is 25.7 Å². The number of morpholine rings is 1. The number of nitrogens with one attached hydrogen (secondary N) is 2. The van der Waals surface area contributed by atoms with Gasteiger partial charge in [0.05, 0.1) is 18.6 Å². The smallest absolute Gasteiger partial charge is 0.249 e. The van der Waals surface area contributed by atoms with Crippen molar-refractivity contribution in [1.29, 1.82) is 0 Å². The van der Waals surface area contributed by atoms with Gasteiger partial charge in [-0.15, -0.1) is 0 Å². The lowest BCUT2D eigenvalue weighted by atomic mass is 9.64. The Kier molecular flexibility index (Phi) is 5.13. The summed E-state index contributed by atoms with van der Waals surface area (Å²) < 4.78 is 5.37. The van der Waals surface area contributed by atoms with E-state index < -0.39 is 5.41 Å². The van der Waals surface area contributed by atoms with E-state index in [4.69, 9.17) is 16.3 Å². The van der Waals surface area contributed by atoms with Crippen molar-refractivity contribution in [2.24, 2.45) is 0 Å². The third-order valence-electron chi connectivity index (χ3n) is 5.28. The lowest BCUT2D eigenvalue weighted by molar-refractivity contribution is -0.129. The molecule has 0 radical (unpaired) electrons. The van der Waals surface area contributed by atoms with Gasteiger partial charge >= 0.3 is 0 Å². The van der Waals surface area contributed by atoms with E-state index in [1.165, 1.54) is 0 Å². The maximum atomic E-state index is 12.9. The van der Waals surface area contributed by atoms with Crippen LogP contribution in [0.25, 0.3) is 0 Å². The number of hydrazine groups is 1. The number of ether oxygens (including phenoxy) is 1. The molecule has 2 aliphatic rings. The second kappa shape index (κ2) is 7.70. The van der Waals surface area contributed by atoms with Gasteiger partial charge in [0.1, 0.15) is 5.82 Å². The fourth-order valence-corrected chi connectivity index (χ4v) is 3.76. The van der Waals surface area contributed by atoms with Crippen LogP contribution in [0.15, 0.2) is 36.5 Å². The third-order valence-corrected chi connectivity index (χ3v) is 5.52. The van der Waals surface area contributed by atoms with Gasteiger partial charge in [-0.3, -0.25) is 15.6 Å². The van der Waals surface area contributed by atoms with E-state index in [1.807, 2.05) is 30.3 Å². The maximum absolute atomic E-state index is 12.9. The molecule has 0 spiro atoms. The van der Waals surface area contributed by atoms with Crippen LogP contribution in [-0.4, -0.2) is 42.2 Å². The molecule has 27 heavy (non-hydrogen) atoms. The van der Waals surface area contributed by atoms with Crippen molar-refractivity contribution >= 4 is 29.3 Å². The fourth-order valence-electron chi connectivity index (χ4n) is 3.57. The quantitative estimate of drug-likeness (QED) is 0.767. The lowest BCUT2D eigenvalue weighted by Gasteiger charge is -2.40. The van der Waals surface area contributed by atoms with Crippen LogP contribution in [-0.2, 0) is 14.9 Å². The summed E-state index contributed by atoms with van der Waals surface area (Å²) in [6.45, 7) is 2.96. The molecule has 0 atom stereocenters. The summed E-state index contributed by atoms with van der Waals surface area (Å²) in [5, 5.41) is 0.640. The molecule has 1 saturated heterocycles. The van der Waals surface area contributed by atoms with E-state index in [0.29, 0.717) is 24.2 Å². The second-order valence-corrected chi connectivity index (χ2v) is 7.30. The second-order valence-electron chi connectivity index (χ2n) is 6.86. The summed E-state index contributed by atoms with van der Waals surface area (Å²) in [4.78, 5) is 23.8. The van der Waals surface area contributed by atoms with Crippen molar-refractivity contribution in [2.45, 2.75) is 24.7 Å². The summed E-state index contributed by atoms with van der Waals surface area (Å²) >= 11 is 6.12. The van der Waals surface area contributed by atoms with Crippen molar-refractivity contribution in [3.05, 3.63) is 47.1 Å². The van der Waals surface area contributed by atoms with Gasteiger partial charge in [-0.1, -0.05) is 30.2 Å². The number of halogens is 1. The van der Waals surface area contributed by atoms with Crippen LogP contribution in [0.4, 0.5) is 11.8 Å². The number of nitrogens with zero attached hydrogens (tertiary/aromatic N) is 3. The lowest BCUT2D eigenvalue weighted by Crippen LogP contribution is -2.51. The SMILES string of the molecule is O=C(NNc1nccc(N2CCOCC2)n1)C1(c2cccc(Cl)c2)CCC1. The molecule has 2 fully saturated rings. The molecule has 4 rings (SSSR count). The van der Waals surface area contributed by atoms with Crippen molar-refractivity contribution in [3.8, 4) is 0 Å². The molecule has 1 saturated carbocycles. The van der Waals surface area contributed by atoms with Crippen LogP contribution in [0.1, 0.15) is 24.8 Å². The predicted molar refractivity (Wildman–Crippen MR) is 104 cm³/mol. The molecular weight excluding hydrogens is 366 g/mol. The molecule has 1 amide bonds. The summed E-state index contributed by atoms with van der Waals surface area (Å²) in [6, 6.07) is 9.39. The van der Waals surface area contributed by atoms with Gasteiger partial charge in [-0.25, -0.2) is 4.98 Å². The molecule has 2 aromatic rings.